The Morgan fingerprint density at radius 1 is 1.11 bits per heavy atom. The van der Waals surface area contributed by atoms with Gasteiger partial charge in [-0.05, 0) is 35.9 Å². The predicted molar refractivity (Wildman–Crippen MR) is 87.8 cm³/mol. The first-order chi connectivity index (χ1) is 13.0. The summed E-state index contributed by atoms with van der Waals surface area (Å²) in [6.07, 6.45) is 0. The Kier molecular flexibility index (Phi) is 5.70. The van der Waals surface area contributed by atoms with Crippen molar-refractivity contribution in [3.8, 4) is 17.2 Å². The number of carbonyl (C=O) groups is 2. The molecule has 0 bridgehead atoms. The van der Waals surface area contributed by atoms with E-state index in [-0.39, 0.29) is 24.7 Å². The molecule has 1 aliphatic heterocycles. The fourth-order valence-corrected chi connectivity index (χ4v) is 2.32. The van der Waals surface area contributed by atoms with Crippen LogP contribution in [-0.2, 0) is 16.1 Å². The van der Waals surface area contributed by atoms with Gasteiger partial charge in [-0.2, -0.15) is 8.78 Å². The Bertz CT molecular complexity index is 842. The van der Waals surface area contributed by atoms with Crippen molar-refractivity contribution >= 4 is 11.9 Å². The quantitative estimate of drug-likeness (QED) is 0.745. The van der Waals surface area contributed by atoms with Crippen molar-refractivity contribution in [2.75, 3.05) is 13.4 Å². The van der Waals surface area contributed by atoms with E-state index in [9.17, 15) is 18.4 Å². The average Bonchev–Trinajstić information content (AvgIpc) is 3.12. The molecule has 0 radical (unpaired) electrons. The SMILES string of the molecule is O=C(COC(=O)c1cccc(OC(F)F)c1)NCc1ccc2c(c1)OCO2. The van der Waals surface area contributed by atoms with E-state index in [0.717, 1.165) is 11.6 Å². The molecule has 0 saturated carbocycles. The number of amides is 1. The number of nitrogens with one attached hydrogen (secondary N) is 1. The Balaban J connectivity index is 1.46. The predicted octanol–water partition coefficient (Wildman–Crippen LogP) is 2.49. The number of rotatable bonds is 7. The number of fused-ring (bicyclic) bond motifs is 1. The van der Waals surface area contributed by atoms with Crippen LogP contribution in [0, 0.1) is 0 Å². The molecule has 0 aliphatic carbocycles. The summed E-state index contributed by atoms with van der Waals surface area (Å²) in [6, 6.07) is 10.4. The number of benzene rings is 2. The minimum Gasteiger partial charge on any atom is -0.454 e. The third kappa shape index (κ3) is 5.06. The Hall–Kier alpha value is -3.36. The topological polar surface area (TPSA) is 83.1 Å². The summed E-state index contributed by atoms with van der Waals surface area (Å²) < 4.78 is 43.9. The van der Waals surface area contributed by atoms with Crippen molar-refractivity contribution in [1.29, 1.82) is 0 Å². The molecule has 0 spiro atoms. The molecule has 1 aliphatic rings. The number of esters is 1. The highest BCUT2D eigenvalue weighted by Gasteiger charge is 2.15. The molecule has 1 amide bonds. The summed E-state index contributed by atoms with van der Waals surface area (Å²) in [6.45, 7) is -3.14. The van der Waals surface area contributed by atoms with Gasteiger partial charge < -0.3 is 24.3 Å². The second-order valence-corrected chi connectivity index (χ2v) is 5.45. The average molecular weight is 379 g/mol. The summed E-state index contributed by atoms with van der Waals surface area (Å²) in [5.74, 6) is -0.281. The minimum atomic E-state index is -3.00. The molecule has 2 aromatic carbocycles. The van der Waals surface area contributed by atoms with Crippen LogP contribution in [0.15, 0.2) is 42.5 Å². The first kappa shape index (κ1) is 18.4. The van der Waals surface area contributed by atoms with Gasteiger partial charge in [-0.1, -0.05) is 12.1 Å². The molecule has 27 heavy (non-hydrogen) atoms. The number of ether oxygens (including phenoxy) is 4. The van der Waals surface area contributed by atoms with Gasteiger partial charge in [-0.25, -0.2) is 4.79 Å². The maximum absolute atomic E-state index is 12.2. The first-order valence-electron chi connectivity index (χ1n) is 7.88. The molecule has 0 saturated heterocycles. The Labute approximate surface area is 152 Å². The van der Waals surface area contributed by atoms with Gasteiger partial charge in [0.2, 0.25) is 6.79 Å². The summed E-state index contributed by atoms with van der Waals surface area (Å²) in [7, 11) is 0. The van der Waals surface area contributed by atoms with Gasteiger partial charge in [-0.15, -0.1) is 0 Å². The van der Waals surface area contributed by atoms with E-state index in [1.165, 1.54) is 18.2 Å². The molecule has 0 fully saturated rings. The zero-order valence-corrected chi connectivity index (χ0v) is 13.9. The molecule has 7 nitrogen and oxygen atoms in total. The maximum Gasteiger partial charge on any atom is 0.387 e. The molecule has 9 heteroatoms. The molecule has 0 atom stereocenters. The monoisotopic (exact) mass is 379 g/mol. The van der Waals surface area contributed by atoms with Crippen molar-refractivity contribution in [2.24, 2.45) is 0 Å². The summed E-state index contributed by atoms with van der Waals surface area (Å²) in [5, 5.41) is 2.60. The van der Waals surface area contributed by atoms with Crippen molar-refractivity contribution < 1.29 is 37.3 Å². The third-order valence-electron chi connectivity index (χ3n) is 3.56. The van der Waals surface area contributed by atoms with Gasteiger partial charge >= 0.3 is 12.6 Å². The maximum atomic E-state index is 12.2. The van der Waals surface area contributed by atoms with Crippen LogP contribution in [0.5, 0.6) is 17.2 Å². The van der Waals surface area contributed by atoms with Crippen LogP contribution in [0.1, 0.15) is 15.9 Å². The van der Waals surface area contributed by atoms with Crippen molar-refractivity contribution in [3.63, 3.8) is 0 Å². The number of alkyl halides is 2. The largest absolute Gasteiger partial charge is 0.454 e. The molecule has 0 unspecified atom stereocenters. The van der Waals surface area contributed by atoms with E-state index in [0.29, 0.717) is 11.5 Å². The van der Waals surface area contributed by atoms with Crippen LogP contribution in [-0.4, -0.2) is 31.9 Å². The van der Waals surface area contributed by atoms with Gasteiger partial charge in [0.15, 0.2) is 18.1 Å². The highest BCUT2D eigenvalue weighted by atomic mass is 19.3. The molecule has 0 aromatic heterocycles. The lowest BCUT2D eigenvalue weighted by Crippen LogP contribution is -2.28. The van der Waals surface area contributed by atoms with E-state index in [1.54, 1.807) is 18.2 Å². The second-order valence-electron chi connectivity index (χ2n) is 5.45. The van der Waals surface area contributed by atoms with Crippen LogP contribution in [0.25, 0.3) is 0 Å². The van der Waals surface area contributed by atoms with E-state index >= 15 is 0 Å². The number of carbonyl (C=O) groups excluding carboxylic acids is 2. The van der Waals surface area contributed by atoms with Crippen LogP contribution >= 0.6 is 0 Å². The summed E-state index contributed by atoms with van der Waals surface area (Å²) >= 11 is 0. The highest BCUT2D eigenvalue weighted by Crippen LogP contribution is 2.32. The number of hydrogen-bond acceptors (Lipinski definition) is 6. The van der Waals surface area contributed by atoms with Crippen molar-refractivity contribution in [1.82, 2.24) is 5.32 Å². The zero-order valence-electron chi connectivity index (χ0n) is 13.9. The smallest absolute Gasteiger partial charge is 0.387 e. The number of hydrogen-bond donors (Lipinski definition) is 1. The Morgan fingerprint density at radius 2 is 1.93 bits per heavy atom. The van der Waals surface area contributed by atoms with Gasteiger partial charge in [0, 0.05) is 6.54 Å². The minimum absolute atomic E-state index is 0.00304. The molecule has 142 valence electrons. The zero-order chi connectivity index (χ0) is 19.2. The van der Waals surface area contributed by atoms with E-state index < -0.39 is 25.1 Å². The molecule has 1 heterocycles. The molecular weight excluding hydrogens is 364 g/mol. The molecule has 2 aromatic rings. The van der Waals surface area contributed by atoms with Crippen LogP contribution in [0.3, 0.4) is 0 Å². The van der Waals surface area contributed by atoms with Crippen LogP contribution < -0.4 is 19.5 Å². The van der Waals surface area contributed by atoms with Crippen LogP contribution in [0.4, 0.5) is 8.78 Å². The van der Waals surface area contributed by atoms with Gasteiger partial charge in [0.05, 0.1) is 5.56 Å². The van der Waals surface area contributed by atoms with Crippen molar-refractivity contribution in [2.45, 2.75) is 13.2 Å². The molecule has 3 rings (SSSR count). The van der Waals surface area contributed by atoms with Crippen LogP contribution in [0.2, 0.25) is 0 Å². The van der Waals surface area contributed by atoms with Gasteiger partial charge in [0.1, 0.15) is 5.75 Å². The lowest BCUT2D eigenvalue weighted by Gasteiger charge is -2.08. The Morgan fingerprint density at radius 3 is 2.74 bits per heavy atom. The summed E-state index contributed by atoms with van der Waals surface area (Å²) in [4.78, 5) is 23.7. The highest BCUT2D eigenvalue weighted by molar-refractivity contribution is 5.91. The van der Waals surface area contributed by atoms with Crippen molar-refractivity contribution in [3.05, 3.63) is 53.6 Å². The number of halogens is 2. The third-order valence-corrected chi connectivity index (χ3v) is 3.56. The first-order valence-corrected chi connectivity index (χ1v) is 7.88. The lowest BCUT2D eigenvalue weighted by atomic mass is 10.2. The van der Waals surface area contributed by atoms with E-state index in [4.69, 9.17) is 14.2 Å². The standard InChI is InChI=1S/C18H15F2NO6/c19-18(20)27-13-3-1-2-12(7-13)17(23)24-9-16(22)21-8-11-4-5-14-15(6-11)26-10-25-14/h1-7,18H,8-10H2,(H,21,22). The van der Waals surface area contributed by atoms with Gasteiger partial charge in [0.25, 0.3) is 5.91 Å². The molecular formula is C18H15F2NO6. The lowest BCUT2D eigenvalue weighted by molar-refractivity contribution is -0.124. The van der Waals surface area contributed by atoms with E-state index in [1.807, 2.05) is 0 Å². The van der Waals surface area contributed by atoms with E-state index in [2.05, 4.69) is 10.1 Å². The second kappa shape index (κ2) is 8.35. The molecule has 1 N–H and O–H groups in total. The normalized spacial score (nSPS) is 12.0. The summed E-state index contributed by atoms with van der Waals surface area (Å²) in [5.41, 5.74) is 0.785. The fourth-order valence-electron chi connectivity index (χ4n) is 2.32. The fraction of sp³-hybridized carbons (Fsp3) is 0.222. The van der Waals surface area contributed by atoms with Gasteiger partial charge in [-0.3, -0.25) is 4.79 Å².